The van der Waals surface area contributed by atoms with Gasteiger partial charge in [-0.05, 0) is 83.5 Å². The number of aliphatic hydroxyl groups excluding tert-OH is 8. The van der Waals surface area contributed by atoms with Crippen LogP contribution in [0.1, 0.15) is 277 Å². The van der Waals surface area contributed by atoms with Crippen LogP contribution in [0.25, 0.3) is 0 Å². The fourth-order valence-corrected chi connectivity index (χ4v) is 11.0. The lowest BCUT2D eigenvalue weighted by Crippen LogP contribution is -2.65. The van der Waals surface area contributed by atoms with Crippen molar-refractivity contribution in [2.75, 3.05) is 19.8 Å². The molecular weight excluding hydrogens is 1070 g/mol. The molecule has 12 unspecified atom stereocenters. The fraction of sp³-hybridized carbons (Fsp3) is 0.817. The zero-order valence-corrected chi connectivity index (χ0v) is 53.6. The van der Waals surface area contributed by atoms with E-state index in [-0.39, 0.29) is 18.9 Å². The molecule has 2 fully saturated rings. The molecule has 0 aromatic heterocycles. The number of hydrogen-bond donors (Lipinski definition) is 9. The van der Waals surface area contributed by atoms with Crippen molar-refractivity contribution in [2.24, 2.45) is 0 Å². The van der Waals surface area contributed by atoms with Gasteiger partial charge in [0.15, 0.2) is 12.6 Å². The van der Waals surface area contributed by atoms with E-state index in [9.17, 15) is 45.6 Å². The minimum Gasteiger partial charge on any atom is -0.394 e. The van der Waals surface area contributed by atoms with Crippen molar-refractivity contribution < 1.29 is 64.6 Å². The first-order chi connectivity index (χ1) is 41.6. The maximum Gasteiger partial charge on any atom is 0.220 e. The summed E-state index contributed by atoms with van der Waals surface area (Å²) in [6.45, 7) is 2.76. The number of amides is 1. The topological polar surface area (TPSA) is 228 Å². The normalized spacial score (nSPS) is 24.0. The number of rotatable bonds is 56. The number of hydrogen-bond acceptors (Lipinski definition) is 13. The molecule has 0 aromatic carbocycles. The van der Waals surface area contributed by atoms with Gasteiger partial charge in [-0.3, -0.25) is 4.79 Å². The molecule has 0 aromatic rings. The third kappa shape index (κ3) is 39.9. The number of carbonyl (C=O) groups excluding carboxylic acids is 1. The number of unbranched alkanes of at least 4 members (excludes halogenated alkanes) is 33. The predicted molar refractivity (Wildman–Crippen MR) is 346 cm³/mol. The molecule has 0 radical (unpaired) electrons. The van der Waals surface area contributed by atoms with Crippen LogP contribution in [0.2, 0.25) is 0 Å². The molecule has 2 aliphatic rings. The lowest BCUT2D eigenvalue weighted by atomic mass is 9.97. The molecule has 0 spiro atoms. The minimum absolute atomic E-state index is 0.252. The zero-order valence-electron chi connectivity index (χ0n) is 53.6. The summed E-state index contributed by atoms with van der Waals surface area (Å²) in [5, 5.41) is 87.3. The Morgan fingerprint density at radius 1 is 0.424 bits per heavy atom. The van der Waals surface area contributed by atoms with E-state index in [1.165, 1.54) is 167 Å². The number of carbonyl (C=O) groups is 1. The summed E-state index contributed by atoms with van der Waals surface area (Å²) in [6.07, 6.45) is 58.2. The van der Waals surface area contributed by atoms with Crippen molar-refractivity contribution >= 4 is 5.91 Å². The third-order valence-corrected chi connectivity index (χ3v) is 16.6. The van der Waals surface area contributed by atoms with E-state index in [0.717, 1.165) is 77.0 Å². The van der Waals surface area contributed by atoms with Gasteiger partial charge in [0.1, 0.15) is 48.8 Å². The van der Waals surface area contributed by atoms with E-state index in [4.69, 9.17) is 18.9 Å². The summed E-state index contributed by atoms with van der Waals surface area (Å²) in [5.41, 5.74) is 0. The average Bonchev–Trinajstić information content (AvgIpc) is 3.69. The zero-order chi connectivity index (χ0) is 61.6. The lowest BCUT2D eigenvalue weighted by molar-refractivity contribution is -0.359. The van der Waals surface area contributed by atoms with Gasteiger partial charge in [-0.15, -0.1) is 0 Å². The standard InChI is InChI=1S/C71H127NO13/c1-3-5-7-9-11-13-15-17-19-21-23-24-25-26-27-28-29-30-31-32-33-34-35-37-38-40-42-44-46-48-50-52-54-60(75)59(72-63(76)55-53-51-49-47-45-43-41-39-36-22-20-18-16-14-12-10-8-6-4-2)58-82-70-68(81)66(79)69(62(57-74)84-70)85-71-67(80)65(78)64(77)61(56-73)83-71/h12,14,18,20,36-39,44,46,52,54,59-62,64-71,73-75,77-81H,3-11,13,15-17,19,21-35,40-43,45,47-51,53,55-58H2,1-2H3,(H,72,76)/b14-12-,20-18-,38-37+,39-36-,46-44+,54-52+. The number of nitrogens with one attached hydrogen (secondary N) is 1. The highest BCUT2D eigenvalue weighted by atomic mass is 16.7. The molecule has 2 saturated heterocycles. The molecule has 85 heavy (non-hydrogen) atoms. The van der Waals surface area contributed by atoms with Gasteiger partial charge < -0.3 is 65.1 Å². The maximum absolute atomic E-state index is 13.3. The third-order valence-electron chi connectivity index (χ3n) is 16.6. The van der Waals surface area contributed by atoms with Crippen LogP contribution >= 0.6 is 0 Å². The van der Waals surface area contributed by atoms with Gasteiger partial charge in [-0.2, -0.15) is 0 Å². The van der Waals surface area contributed by atoms with E-state index >= 15 is 0 Å². The molecule has 0 saturated carbocycles. The Labute approximate surface area is 517 Å². The summed E-state index contributed by atoms with van der Waals surface area (Å²) in [5.74, 6) is -0.266. The van der Waals surface area contributed by atoms with Crippen LogP contribution < -0.4 is 5.32 Å². The molecule has 2 heterocycles. The van der Waals surface area contributed by atoms with Crippen LogP contribution in [0.15, 0.2) is 72.9 Å². The Morgan fingerprint density at radius 2 is 0.788 bits per heavy atom. The predicted octanol–water partition coefficient (Wildman–Crippen LogP) is 13.8. The van der Waals surface area contributed by atoms with Crippen LogP contribution in [0.5, 0.6) is 0 Å². The first kappa shape index (κ1) is 78.5. The van der Waals surface area contributed by atoms with Crippen molar-refractivity contribution in [3.05, 3.63) is 72.9 Å². The van der Waals surface area contributed by atoms with Gasteiger partial charge in [0.25, 0.3) is 0 Å². The summed E-state index contributed by atoms with van der Waals surface area (Å²) >= 11 is 0. The molecule has 0 bridgehead atoms. The molecule has 14 heteroatoms. The first-order valence-corrected chi connectivity index (χ1v) is 34.7. The van der Waals surface area contributed by atoms with Crippen LogP contribution in [-0.4, -0.2) is 140 Å². The molecule has 494 valence electrons. The molecule has 14 nitrogen and oxygen atoms in total. The summed E-state index contributed by atoms with van der Waals surface area (Å²) in [4.78, 5) is 13.3. The van der Waals surface area contributed by atoms with Crippen LogP contribution in [0.3, 0.4) is 0 Å². The van der Waals surface area contributed by atoms with Gasteiger partial charge in [0.2, 0.25) is 5.91 Å². The largest absolute Gasteiger partial charge is 0.394 e. The fourth-order valence-electron chi connectivity index (χ4n) is 11.0. The summed E-state index contributed by atoms with van der Waals surface area (Å²) in [7, 11) is 0. The van der Waals surface area contributed by atoms with Gasteiger partial charge in [-0.25, -0.2) is 0 Å². The minimum atomic E-state index is -1.80. The van der Waals surface area contributed by atoms with Gasteiger partial charge in [-0.1, -0.05) is 260 Å². The first-order valence-electron chi connectivity index (χ1n) is 34.7. The van der Waals surface area contributed by atoms with E-state index in [1.54, 1.807) is 6.08 Å². The highest BCUT2D eigenvalue weighted by molar-refractivity contribution is 5.76. The second-order valence-electron chi connectivity index (χ2n) is 24.3. The highest BCUT2D eigenvalue weighted by Gasteiger charge is 2.51. The Kier molecular flexibility index (Phi) is 51.3. The molecule has 0 aliphatic carbocycles. The maximum atomic E-state index is 13.3. The van der Waals surface area contributed by atoms with E-state index < -0.39 is 86.8 Å². The van der Waals surface area contributed by atoms with Gasteiger partial charge >= 0.3 is 0 Å². The van der Waals surface area contributed by atoms with E-state index in [2.05, 4.69) is 79.9 Å². The van der Waals surface area contributed by atoms with Crippen LogP contribution in [-0.2, 0) is 23.7 Å². The van der Waals surface area contributed by atoms with Crippen molar-refractivity contribution in [1.82, 2.24) is 5.32 Å². The van der Waals surface area contributed by atoms with E-state index in [1.807, 2.05) is 6.08 Å². The van der Waals surface area contributed by atoms with Crippen LogP contribution in [0.4, 0.5) is 0 Å². The molecule has 9 N–H and O–H groups in total. The summed E-state index contributed by atoms with van der Waals surface area (Å²) < 4.78 is 22.8. The van der Waals surface area contributed by atoms with Gasteiger partial charge in [0.05, 0.1) is 32.0 Å². The van der Waals surface area contributed by atoms with Crippen LogP contribution in [0, 0.1) is 0 Å². The molecule has 1 amide bonds. The lowest BCUT2D eigenvalue weighted by Gasteiger charge is -2.46. The second kappa shape index (κ2) is 55.5. The van der Waals surface area contributed by atoms with Crippen molar-refractivity contribution in [3.8, 4) is 0 Å². The summed E-state index contributed by atoms with van der Waals surface area (Å²) in [6, 6.07) is -0.950. The SMILES string of the molecule is CCCCC/C=C\C/C=C\C/C=C\CCCCCCCCC(=O)NC(COC1OC(CO)C(OC2OC(CO)C(O)C(O)C2O)C(O)C1O)C(O)/C=C/CC/C=C/CC/C=C/CCCCCCCCCCCCCCCCCCCCCCCC. The quantitative estimate of drug-likeness (QED) is 0.0204. The second-order valence-corrected chi connectivity index (χ2v) is 24.3. The number of allylic oxidation sites excluding steroid dienone is 11. The van der Waals surface area contributed by atoms with Crippen molar-refractivity contribution in [2.45, 2.75) is 351 Å². The molecule has 2 aliphatic heterocycles. The van der Waals surface area contributed by atoms with Gasteiger partial charge in [0, 0.05) is 6.42 Å². The monoisotopic (exact) mass is 1200 g/mol. The Hall–Kier alpha value is -2.57. The Balaban J connectivity index is 1.70. The molecule has 2 rings (SSSR count). The van der Waals surface area contributed by atoms with Crippen molar-refractivity contribution in [1.29, 1.82) is 0 Å². The Morgan fingerprint density at radius 3 is 1.26 bits per heavy atom. The smallest absolute Gasteiger partial charge is 0.220 e. The molecule has 12 atom stereocenters. The molecular formula is C71H127NO13. The number of ether oxygens (including phenoxy) is 4. The van der Waals surface area contributed by atoms with E-state index in [0.29, 0.717) is 12.8 Å². The Bertz CT molecular complexity index is 1700. The average molecular weight is 1200 g/mol. The number of aliphatic hydroxyl groups is 8. The van der Waals surface area contributed by atoms with Crippen molar-refractivity contribution in [3.63, 3.8) is 0 Å². The highest BCUT2D eigenvalue weighted by Crippen LogP contribution is 2.30.